The number of aryl methyl sites for hydroxylation is 1. The molecule has 1 aliphatic rings. The van der Waals surface area contributed by atoms with Gasteiger partial charge in [0.05, 0.1) is 17.9 Å². The van der Waals surface area contributed by atoms with Crippen molar-refractivity contribution in [3.05, 3.63) is 35.9 Å². The summed E-state index contributed by atoms with van der Waals surface area (Å²) in [7, 11) is 0. The Balaban J connectivity index is 2.07. The Kier molecular flexibility index (Phi) is 2.59. The second-order valence-electron chi connectivity index (χ2n) is 4.43. The van der Waals surface area contributed by atoms with Gasteiger partial charge in [-0.3, -0.25) is 9.78 Å². The average Bonchev–Trinajstić information content (AvgIpc) is 2.77. The highest BCUT2D eigenvalue weighted by Gasteiger charge is 2.21. The zero-order chi connectivity index (χ0) is 12.5. The minimum Gasteiger partial charge on any atom is -0.338 e. The van der Waals surface area contributed by atoms with E-state index in [0.29, 0.717) is 6.54 Å². The van der Waals surface area contributed by atoms with Gasteiger partial charge in [0.15, 0.2) is 0 Å². The molecule has 18 heavy (non-hydrogen) atoms. The Hall–Kier alpha value is -2.17. The van der Waals surface area contributed by atoms with Crippen LogP contribution >= 0.6 is 0 Å². The first-order valence-electron chi connectivity index (χ1n) is 5.95. The maximum Gasteiger partial charge on any atom is 0.210 e. The van der Waals surface area contributed by atoms with Crippen molar-refractivity contribution < 1.29 is 4.79 Å². The Morgan fingerprint density at radius 1 is 1.28 bits per heavy atom. The Bertz CT molecular complexity index is 576. The zero-order valence-corrected chi connectivity index (χ0v) is 10.2. The standard InChI is InChI=1S/C13H14N4O/c1-10-12-8-16(9-18)6-7-17(12)13(15-10)11-2-4-14-5-3-11/h2-5,9H,6-8H2,1H3. The normalized spacial score (nSPS) is 14.4. The van der Waals surface area contributed by atoms with Crippen LogP contribution in [0.25, 0.3) is 11.4 Å². The topological polar surface area (TPSA) is 51.0 Å². The SMILES string of the molecule is Cc1nc(-c2ccncc2)n2c1CN(C=O)CC2. The second-order valence-corrected chi connectivity index (χ2v) is 4.43. The van der Waals surface area contributed by atoms with Gasteiger partial charge >= 0.3 is 0 Å². The summed E-state index contributed by atoms with van der Waals surface area (Å²) in [6.45, 7) is 4.18. The molecule has 2 aromatic heterocycles. The molecule has 1 aliphatic heterocycles. The first-order valence-corrected chi connectivity index (χ1v) is 5.95. The van der Waals surface area contributed by atoms with E-state index < -0.39 is 0 Å². The molecule has 5 nitrogen and oxygen atoms in total. The van der Waals surface area contributed by atoms with Crippen molar-refractivity contribution in [2.24, 2.45) is 0 Å². The van der Waals surface area contributed by atoms with Crippen LogP contribution < -0.4 is 0 Å². The van der Waals surface area contributed by atoms with Crippen LogP contribution in [0.3, 0.4) is 0 Å². The molecule has 2 aromatic rings. The molecular formula is C13H14N4O. The quantitative estimate of drug-likeness (QED) is 0.744. The summed E-state index contributed by atoms with van der Waals surface area (Å²) >= 11 is 0. The van der Waals surface area contributed by atoms with Crippen LogP contribution in [0.15, 0.2) is 24.5 Å². The van der Waals surface area contributed by atoms with E-state index in [4.69, 9.17) is 0 Å². The monoisotopic (exact) mass is 242 g/mol. The third-order valence-corrected chi connectivity index (χ3v) is 3.32. The van der Waals surface area contributed by atoms with E-state index in [1.807, 2.05) is 19.1 Å². The molecule has 0 fully saturated rings. The minimum absolute atomic E-state index is 0.646. The van der Waals surface area contributed by atoms with Gasteiger partial charge in [0.1, 0.15) is 5.82 Å². The fourth-order valence-corrected chi connectivity index (χ4v) is 2.36. The zero-order valence-electron chi connectivity index (χ0n) is 10.2. The first-order chi connectivity index (χ1) is 8.79. The number of hydrogen-bond donors (Lipinski definition) is 0. The molecule has 0 aromatic carbocycles. The molecule has 0 saturated carbocycles. The molecule has 3 heterocycles. The number of pyridine rings is 1. The molecule has 5 heteroatoms. The maximum absolute atomic E-state index is 10.8. The molecule has 0 aliphatic carbocycles. The summed E-state index contributed by atoms with van der Waals surface area (Å²) in [5.74, 6) is 0.968. The van der Waals surface area contributed by atoms with E-state index in [-0.39, 0.29) is 0 Å². The lowest BCUT2D eigenvalue weighted by Crippen LogP contribution is -2.32. The van der Waals surface area contributed by atoms with Crippen LogP contribution in [-0.2, 0) is 17.9 Å². The van der Waals surface area contributed by atoms with Crippen LogP contribution in [0, 0.1) is 6.92 Å². The second kappa shape index (κ2) is 4.25. The molecule has 0 saturated heterocycles. The molecule has 0 atom stereocenters. The lowest BCUT2D eigenvalue weighted by Gasteiger charge is -2.25. The number of hydrogen-bond acceptors (Lipinski definition) is 3. The van der Waals surface area contributed by atoms with Crippen molar-refractivity contribution in [1.29, 1.82) is 0 Å². The highest BCUT2D eigenvalue weighted by atomic mass is 16.1. The van der Waals surface area contributed by atoms with E-state index in [1.54, 1.807) is 17.3 Å². The molecule has 1 amide bonds. The molecule has 0 N–H and O–H groups in total. The van der Waals surface area contributed by atoms with Gasteiger partial charge in [-0.25, -0.2) is 4.98 Å². The Morgan fingerprint density at radius 2 is 2.06 bits per heavy atom. The molecule has 92 valence electrons. The predicted molar refractivity (Wildman–Crippen MR) is 66.7 cm³/mol. The van der Waals surface area contributed by atoms with Gasteiger partial charge in [-0.15, -0.1) is 0 Å². The van der Waals surface area contributed by atoms with Gasteiger partial charge in [0.25, 0.3) is 0 Å². The molecule has 0 unspecified atom stereocenters. The smallest absolute Gasteiger partial charge is 0.210 e. The van der Waals surface area contributed by atoms with E-state index in [2.05, 4.69) is 14.5 Å². The lowest BCUT2D eigenvalue weighted by atomic mass is 10.2. The van der Waals surface area contributed by atoms with Crippen LogP contribution in [0.1, 0.15) is 11.4 Å². The number of rotatable bonds is 2. The highest BCUT2D eigenvalue weighted by molar-refractivity contribution is 5.57. The largest absolute Gasteiger partial charge is 0.338 e. The number of amides is 1. The fraction of sp³-hybridized carbons (Fsp3) is 0.308. The van der Waals surface area contributed by atoms with Gasteiger partial charge in [-0.05, 0) is 19.1 Å². The highest BCUT2D eigenvalue weighted by Crippen LogP contribution is 2.25. The van der Waals surface area contributed by atoms with Crippen LogP contribution in [-0.4, -0.2) is 32.4 Å². The van der Waals surface area contributed by atoms with E-state index in [1.165, 1.54) is 0 Å². The summed E-state index contributed by atoms with van der Waals surface area (Å²) in [5, 5.41) is 0. The first kappa shape index (κ1) is 11.0. The predicted octanol–water partition coefficient (Wildman–Crippen LogP) is 1.23. The van der Waals surface area contributed by atoms with Crippen molar-refractivity contribution in [3.8, 4) is 11.4 Å². The van der Waals surface area contributed by atoms with Crippen molar-refractivity contribution in [2.75, 3.05) is 6.54 Å². The number of carbonyl (C=O) groups excluding carboxylic acids is 1. The summed E-state index contributed by atoms with van der Waals surface area (Å²) in [6.07, 6.45) is 4.45. The number of imidazole rings is 1. The van der Waals surface area contributed by atoms with Gasteiger partial charge in [-0.2, -0.15) is 0 Å². The summed E-state index contributed by atoms with van der Waals surface area (Å²) in [4.78, 5) is 21.3. The van der Waals surface area contributed by atoms with Crippen LogP contribution in [0.2, 0.25) is 0 Å². The van der Waals surface area contributed by atoms with Crippen molar-refractivity contribution in [2.45, 2.75) is 20.0 Å². The minimum atomic E-state index is 0.646. The number of nitrogens with zero attached hydrogens (tertiary/aromatic N) is 4. The van der Waals surface area contributed by atoms with Crippen molar-refractivity contribution >= 4 is 6.41 Å². The van der Waals surface area contributed by atoms with Crippen LogP contribution in [0.4, 0.5) is 0 Å². The maximum atomic E-state index is 10.8. The number of fused-ring (bicyclic) bond motifs is 1. The van der Waals surface area contributed by atoms with Gasteiger partial charge < -0.3 is 9.47 Å². The van der Waals surface area contributed by atoms with Crippen molar-refractivity contribution in [1.82, 2.24) is 19.4 Å². The number of carbonyl (C=O) groups is 1. The third-order valence-electron chi connectivity index (χ3n) is 3.32. The van der Waals surface area contributed by atoms with Crippen molar-refractivity contribution in [3.63, 3.8) is 0 Å². The van der Waals surface area contributed by atoms with Gasteiger partial charge in [-0.1, -0.05) is 0 Å². The van der Waals surface area contributed by atoms with E-state index in [9.17, 15) is 4.79 Å². The van der Waals surface area contributed by atoms with Crippen LogP contribution in [0.5, 0.6) is 0 Å². The lowest BCUT2D eigenvalue weighted by molar-refractivity contribution is -0.119. The summed E-state index contributed by atoms with van der Waals surface area (Å²) in [5.41, 5.74) is 3.19. The summed E-state index contributed by atoms with van der Waals surface area (Å²) in [6, 6.07) is 3.92. The molecular weight excluding hydrogens is 228 g/mol. The Morgan fingerprint density at radius 3 is 2.78 bits per heavy atom. The van der Waals surface area contributed by atoms with Gasteiger partial charge in [0, 0.05) is 31.0 Å². The number of aromatic nitrogens is 3. The molecule has 0 radical (unpaired) electrons. The average molecular weight is 242 g/mol. The fourth-order valence-electron chi connectivity index (χ4n) is 2.36. The molecule has 0 spiro atoms. The molecule has 3 rings (SSSR count). The van der Waals surface area contributed by atoms with E-state index in [0.717, 1.165) is 42.3 Å². The molecule has 0 bridgehead atoms. The van der Waals surface area contributed by atoms with Gasteiger partial charge in [0.2, 0.25) is 6.41 Å². The third kappa shape index (κ3) is 1.68. The summed E-state index contributed by atoms with van der Waals surface area (Å²) < 4.78 is 2.20. The van der Waals surface area contributed by atoms with E-state index >= 15 is 0 Å². The Labute approximate surface area is 105 Å².